The first kappa shape index (κ1) is 19.3. The number of aryl methyl sites for hydroxylation is 1. The Bertz CT molecular complexity index is 852. The maximum atomic E-state index is 12.1. The summed E-state index contributed by atoms with van der Waals surface area (Å²) in [6.07, 6.45) is -0.0127. The molecule has 2 aromatic rings. The Balaban J connectivity index is 1.87. The molecule has 7 nitrogen and oxygen atoms in total. The molecule has 0 bridgehead atoms. The molecular weight excluding hydrogens is 354 g/mol. The number of nitrogens with zero attached hydrogens (tertiary/aromatic N) is 2. The van der Waals surface area contributed by atoms with Gasteiger partial charge in [-0.2, -0.15) is 5.26 Å². The zero-order chi connectivity index (χ0) is 19.1. The third kappa shape index (κ3) is 5.50. The molecule has 0 radical (unpaired) electrons. The normalized spacial score (nSPS) is 11.3. The predicted octanol–water partition coefficient (Wildman–Crippen LogP) is 2.37. The van der Waals surface area contributed by atoms with E-state index in [0.717, 1.165) is 5.69 Å². The highest BCUT2D eigenvalue weighted by molar-refractivity contribution is 7.09. The number of Topliss-reactive ketones (excluding diaryl/α,β-unsaturated/α-hetero) is 1. The maximum absolute atomic E-state index is 12.1. The molecule has 2 rings (SSSR count). The number of ketones is 1. The smallest absolute Gasteiger partial charge is 0.310 e. The van der Waals surface area contributed by atoms with Gasteiger partial charge in [0.1, 0.15) is 5.01 Å². The fourth-order valence-electron chi connectivity index (χ4n) is 2.13. The largest absolute Gasteiger partial charge is 0.457 e. The van der Waals surface area contributed by atoms with Crippen molar-refractivity contribution in [2.75, 3.05) is 11.9 Å². The number of benzene rings is 1. The minimum atomic E-state index is -1.03. The van der Waals surface area contributed by atoms with E-state index in [2.05, 4.69) is 10.3 Å². The van der Waals surface area contributed by atoms with E-state index in [1.165, 1.54) is 18.3 Å². The molecule has 1 heterocycles. The zero-order valence-electron chi connectivity index (χ0n) is 14.3. The van der Waals surface area contributed by atoms with Crippen LogP contribution in [0.25, 0.3) is 0 Å². The molecule has 1 aromatic carbocycles. The fourth-order valence-corrected chi connectivity index (χ4v) is 2.99. The number of hydrogen-bond acceptors (Lipinski definition) is 7. The van der Waals surface area contributed by atoms with Crippen molar-refractivity contribution in [1.82, 2.24) is 4.98 Å². The number of anilines is 1. The predicted molar refractivity (Wildman–Crippen MR) is 95.6 cm³/mol. The topological polar surface area (TPSA) is 109 Å². The zero-order valence-corrected chi connectivity index (χ0v) is 15.1. The van der Waals surface area contributed by atoms with Gasteiger partial charge in [-0.15, -0.1) is 11.3 Å². The van der Waals surface area contributed by atoms with Crippen LogP contribution in [0.1, 0.15) is 29.1 Å². The second kappa shape index (κ2) is 8.87. The first-order valence-corrected chi connectivity index (χ1v) is 8.63. The number of nitrogens with one attached hydrogen (secondary N) is 1. The monoisotopic (exact) mass is 371 g/mol. The van der Waals surface area contributed by atoms with Gasteiger partial charge in [0.15, 0.2) is 18.3 Å². The lowest BCUT2D eigenvalue weighted by atomic mass is 10.1. The summed E-state index contributed by atoms with van der Waals surface area (Å²) in [5.74, 6) is -2.29. The number of carbonyl (C=O) groups excluding carboxylic acids is 3. The van der Waals surface area contributed by atoms with Crippen LogP contribution >= 0.6 is 11.3 Å². The Labute approximate surface area is 154 Å². The molecule has 1 N–H and O–H groups in total. The van der Waals surface area contributed by atoms with Gasteiger partial charge in [-0.1, -0.05) is 12.1 Å². The molecule has 0 saturated heterocycles. The van der Waals surface area contributed by atoms with E-state index in [1.54, 1.807) is 36.6 Å². The van der Waals surface area contributed by atoms with Gasteiger partial charge in [0.05, 0.1) is 12.5 Å². The first-order chi connectivity index (χ1) is 12.4. The van der Waals surface area contributed by atoms with Crippen LogP contribution in [-0.4, -0.2) is 29.3 Å². The summed E-state index contributed by atoms with van der Waals surface area (Å²) in [5.41, 5.74) is 2.04. The number of rotatable bonds is 7. The number of nitriles is 1. The Morgan fingerprint density at radius 3 is 2.54 bits per heavy atom. The van der Waals surface area contributed by atoms with Crippen molar-refractivity contribution in [3.05, 3.63) is 45.9 Å². The van der Waals surface area contributed by atoms with Crippen molar-refractivity contribution in [3.63, 3.8) is 0 Å². The van der Waals surface area contributed by atoms with Crippen molar-refractivity contribution >= 4 is 34.7 Å². The standard InChI is InChI=1S/C18H17N3O4S/c1-11-10-26-18(20-11)15(8-19)16(23)9-25-17(24)7-13-3-5-14(6-4-13)21-12(2)22/h3-6,10,15H,7,9H2,1-2H3,(H,21,22)/t15-/m1/s1. The lowest BCUT2D eigenvalue weighted by molar-refractivity contribution is -0.147. The van der Waals surface area contributed by atoms with Crippen LogP contribution in [0.5, 0.6) is 0 Å². The molecule has 0 aliphatic heterocycles. The molecule has 1 atom stereocenters. The number of amides is 1. The van der Waals surface area contributed by atoms with E-state index in [1.807, 2.05) is 6.07 Å². The molecule has 0 aliphatic rings. The van der Waals surface area contributed by atoms with Gasteiger partial charge in [0, 0.05) is 23.7 Å². The molecule has 134 valence electrons. The molecule has 0 unspecified atom stereocenters. The third-order valence-electron chi connectivity index (χ3n) is 3.33. The van der Waals surface area contributed by atoms with Gasteiger partial charge in [-0.05, 0) is 24.6 Å². The van der Waals surface area contributed by atoms with Crippen LogP contribution in [0.15, 0.2) is 29.6 Å². The summed E-state index contributed by atoms with van der Waals surface area (Å²) in [6, 6.07) is 8.61. The Morgan fingerprint density at radius 1 is 1.31 bits per heavy atom. The summed E-state index contributed by atoms with van der Waals surface area (Å²) in [5, 5.41) is 14.0. The first-order valence-electron chi connectivity index (χ1n) is 7.75. The average Bonchev–Trinajstić information content (AvgIpc) is 3.01. The number of thiazole rings is 1. The third-order valence-corrected chi connectivity index (χ3v) is 4.36. The number of esters is 1. The maximum Gasteiger partial charge on any atom is 0.310 e. The van der Waals surface area contributed by atoms with Crippen molar-refractivity contribution in [2.45, 2.75) is 26.2 Å². The van der Waals surface area contributed by atoms with E-state index < -0.39 is 24.3 Å². The lowest BCUT2D eigenvalue weighted by Gasteiger charge is -2.07. The van der Waals surface area contributed by atoms with Gasteiger partial charge >= 0.3 is 5.97 Å². The molecule has 1 amide bonds. The molecule has 8 heteroatoms. The number of aromatic nitrogens is 1. The van der Waals surface area contributed by atoms with Crippen LogP contribution in [0.4, 0.5) is 5.69 Å². The van der Waals surface area contributed by atoms with Crippen LogP contribution in [-0.2, 0) is 25.5 Å². The Kier molecular flexibility index (Phi) is 6.58. The van der Waals surface area contributed by atoms with E-state index in [0.29, 0.717) is 16.3 Å². The average molecular weight is 371 g/mol. The minimum Gasteiger partial charge on any atom is -0.457 e. The van der Waals surface area contributed by atoms with Crippen LogP contribution in [0.2, 0.25) is 0 Å². The second-order valence-corrected chi connectivity index (χ2v) is 6.46. The highest BCUT2D eigenvalue weighted by atomic mass is 32.1. The summed E-state index contributed by atoms with van der Waals surface area (Å²) < 4.78 is 4.98. The van der Waals surface area contributed by atoms with Gasteiger partial charge in [0.2, 0.25) is 5.91 Å². The number of hydrogen-bond donors (Lipinski definition) is 1. The van der Waals surface area contributed by atoms with Crippen LogP contribution in [0.3, 0.4) is 0 Å². The van der Waals surface area contributed by atoms with E-state index >= 15 is 0 Å². The van der Waals surface area contributed by atoms with Crippen molar-refractivity contribution < 1.29 is 19.1 Å². The molecule has 0 fully saturated rings. The van der Waals surface area contributed by atoms with E-state index in [-0.39, 0.29) is 12.3 Å². The SMILES string of the molecule is CC(=O)Nc1ccc(CC(=O)OCC(=O)[C@@H](C#N)c2nc(C)cs2)cc1. The number of ether oxygens (including phenoxy) is 1. The van der Waals surface area contributed by atoms with Crippen LogP contribution < -0.4 is 5.32 Å². The van der Waals surface area contributed by atoms with Crippen molar-refractivity contribution in [2.24, 2.45) is 0 Å². The van der Waals surface area contributed by atoms with Gasteiger partial charge in [-0.25, -0.2) is 4.98 Å². The van der Waals surface area contributed by atoms with Gasteiger partial charge in [-0.3, -0.25) is 14.4 Å². The summed E-state index contributed by atoms with van der Waals surface area (Å²) in [4.78, 5) is 39.1. The fraction of sp³-hybridized carbons (Fsp3) is 0.278. The van der Waals surface area contributed by atoms with Gasteiger partial charge < -0.3 is 10.1 Å². The van der Waals surface area contributed by atoms with Crippen molar-refractivity contribution in [1.29, 1.82) is 5.26 Å². The molecule has 0 aliphatic carbocycles. The second-order valence-electron chi connectivity index (χ2n) is 5.57. The Hall–Kier alpha value is -3.05. The summed E-state index contributed by atoms with van der Waals surface area (Å²) >= 11 is 1.23. The quantitative estimate of drug-likeness (QED) is 0.748. The van der Waals surface area contributed by atoms with Gasteiger partial charge in [0.25, 0.3) is 0 Å². The summed E-state index contributed by atoms with van der Waals surface area (Å²) in [6.45, 7) is 2.71. The molecule has 0 saturated carbocycles. The van der Waals surface area contributed by atoms with Crippen LogP contribution in [0, 0.1) is 18.3 Å². The lowest BCUT2D eigenvalue weighted by Crippen LogP contribution is -2.20. The molecular formula is C18H17N3O4S. The summed E-state index contributed by atoms with van der Waals surface area (Å²) in [7, 11) is 0. The Morgan fingerprint density at radius 2 is 2.00 bits per heavy atom. The van der Waals surface area contributed by atoms with E-state index in [9.17, 15) is 19.6 Å². The molecule has 26 heavy (non-hydrogen) atoms. The van der Waals surface area contributed by atoms with E-state index in [4.69, 9.17) is 4.74 Å². The number of carbonyl (C=O) groups is 3. The minimum absolute atomic E-state index is 0.0127. The highest BCUT2D eigenvalue weighted by Crippen LogP contribution is 2.20. The van der Waals surface area contributed by atoms with Crippen molar-refractivity contribution in [3.8, 4) is 6.07 Å². The molecule has 0 spiro atoms. The molecule has 1 aromatic heterocycles. The highest BCUT2D eigenvalue weighted by Gasteiger charge is 2.24.